The highest BCUT2D eigenvalue weighted by atomic mass is 16.5. The lowest BCUT2D eigenvalue weighted by atomic mass is 9.95. The van der Waals surface area contributed by atoms with Gasteiger partial charge in [-0.3, -0.25) is 9.48 Å². The summed E-state index contributed by atoms with van der Waals surface area (Å²) in [6.45, 7) is 3.92. The van der Waals surface area contributed by atoms with E-state index in [2.05, 4.69) is 5.10 Å². The monoisotopic (exact) mass is 299 g/mol. The summed E-state index contributed by atoms with van der Waals surface area (Å²) in [5.41, 5.74) is 2.16. The van der Waals surface area contributed by atoms with Crippen LogP contribution in [0, 0.1) is 5.92 Å². The molecule has 116 valence electrons. The maximum Gasteiger partial charge on any atom is 0.229 e. The Morgan fingerprint density at radius 3 is 3.05 bits per heavy atom. The summed E-state index contributed by atoms with van der Waals surface area (Å²) in [4.78, 5) is 14.4. The van der Waals surface area contributed by atoms with E-state index >= 15 is 0 Å². The Hall–Kier alpha value is -2.30. The number of carbonyl (C=O) groups is 1. The molecule has 0 unspecified atom stereocenters. The first-order valence-corrected chi connectivity index (χ1v) is 7.64. The zero-order valence-electron chi connectivity index (χ0n) is 13.0. The average molecular weight is 299 g/mol. The Labute approximate surface area is 130 Å². The second-order valence-corrected chi connectivity index (χ2v) is 5.72. The van der Waals surface area contributed by atoms with Gasteiger partial charge in [0.25, 0.3) is 0 Å². The molecule has 5 heteroatoms. The number of para-hydroxylation sites is 1. The van der Waals surface area contributed by atoms with Gasteiger partial charge in [0.15, 0.2) is 0 Å². The van der Waals surface area contributed by atoms with Crippen molar-refractivity contribution in [3.8, 4) is 5.75 Å². The molecule has 0 fully saturated rings. The molecular formula is C17H21N3O2. The summed E-state index contributed by atoms with van der Waals surface area (Å²) < 4.78 is 7.58. The molecule has 1 aromatic carbocycles. The topological polar surface area (TPSA) is 47.4 Å². The molecule has 5 nitrogen and oxygen atoms in total. The van der Waals surface area contributed by atoms with Gasteiger partial charge in [-0.05, 0) is 25.0 Å². The van der Waals surface area contributed by atoms with Crippen LogP contribution in [-0.4, -0.2) is 34.2 Å². The fourth-order valence-electron chi connectivity index (χ4n) is 2.81. The molecular weight excluding hydrogens is 278 g/mol. The molecule has 0 radical (unpaired) electrons. The lowest BCUT2D eigenvalue weighted by molar-refractivity contribution is -0.136. The number of nitrogens with zero attached hydrogens (tertiary/aromatic N) is 3. The van der Waals surface area contributed by atoms with Crippen LogP contribution >= 0.6 is 0 Å². The van der Waals surface area contributed by atoms with E-state index in [9.17, 15) is 4.79 Å². The Morgan fingerprint density at radius 2 is 2.27 bits per heavy atom. The summed E-state index contributed by atoms with van der Waals surface area (Å²) in [7, 11) is 1.84. The van der Waals surface area contributed by atoms with E-state index in [4.69, 9.17) is 4.74 Å². The molecule has 0 saturated carbocycles. The van der Waals surface area contributed by atoms with Crippen LogP contribution in [0.3, 0.4) is 0 Å². The Balaban J connectivity index is 1.64. The van der Waals surface area contributed by atoms with Crippen molar-refractivity contribution >= 4 is 5.91 Å². The van der Waals surface area contributed by atoms with Crippen molar-refractivity contribution in [1.29, 1.82) is 0 Å². The quantitative estimate of drug-likeness (QED) is 0.869. The number of aryl methyl sites for hydroxylation is 1. The minimum absolute atomic E-state index is 0.110. The number of hydrogen-bond donors (Lipinski definition) is 0. The zero-order chi connectivity index (χ0) is 15.5. The predicted molar refractivity (Wildman–Crippen MR) is 83.5 cm³/mol. The van der Waals surface area contributed by atoms with E-state index in [1.54, 1.807) is 4.90 Å². The van der Waals surface area contributed by atoms with Gasteiger partial charge >= 0.3 is 0 Å². The van der Waals surface area contributed by atoms with Crippen LogP contribution in [0.2, 0.25) is 0 Å². The van der Waals surface area contributed by atoms with Gasteiger partial charge in [-0.2, -0.15) is 5.10 Å². The molecule has 22 heavy (non-hydrogen) atoms. The van der Waals surface area contributed by atoms with E-state index < -0.39 is 0 Å². The third-order valence-corrected chi connectivity index (χ3v) is 4.03. The first kappa shape index (κ1) is 14.6. The Kier molecular flexibility index (Phi) is 4.13. The zero-order valence-corrected chi connectivity index (χ0v) is 13.0. The molecule has 2 aromatic rings. The molecule has 1 aromatic heterocycles. The van der Waals surface area contributed by atoms with Crippen molar-refractivity contribution in [3.05, 3.63) is 47.8 Å². The lowest BCUT2D eigenvalue weighted by Crippen LogP contribution is -2.38. The predicted octanol–water partition coefficient (Wildman–Crippen LogP) is 2.11. The maximum atomic E-state index is 12.6. The normalized spacial score (nSPS) is 16.7. The highest BCUT2D eigenvalue weighted by molar-refractivity contribution is 5.79. The molecule has 1 aliphatic rings. The molecule has 2 heterocycles. The molecule has 0 saturated heterocycles. The summed E-state index contributed by atoms with van der Waals surface area (Å²) in [5, 5.41) is 4.24. The van der Waals surface area contributed by atoms with Gasteiger partial charge in [-0.25, -0.2) is 0 Å². The summed E-state index contributed by atoms with van der Waals surface area (Å²) in [6.07, 6.45) is 4.55. The fraction of sp³-hybridized carbons (Fsp3) is 0.412. The van der Waals surface area contributed by atoms with Gasteiger partial charge in [0.05, 0.1) is 12.1 Å². The molecule has 0 spiro atoms. The van der Waals surface area contributed by atoms with E-state index in [1.807, 2.05) is 55.3 Å². The van der Waals surface area contributed by atoms with Crippen LogP contribution in [0.25, 0.3) is 0 Å². The molecule has 1 aliphatic heterocycles. The van der Waals surface area contributed by atoms with Crippen molar-refractivity contribution in [2.45, 2.75) is 26.4 Å². The summed E-state index contributed by atoms with van der Waals surface area (Å²) >= 11 is 0. The minimum atomic E-state index is -0.110. The standard InChI is InChI=1S/C17H21N3O2/c1-3-20-11-13(9-18-20)10-19(2)17(21)15-8-14-6-4-5-7-16(14)22-12-15/h4-7,9,11,15H,3,8,10,12H2,1-2H3/t15-/m0/s1. The molecule has 0 aliphatic carbocycles. The number of benzene rings is 1. The molecule has 0 bridgehead atoms. The summed E-state index contributed by atoms with van der Waals surface area (Å²) in [6, 6.07) is 7.93. The van der Waals surface area contributed by atoms with Crippen molar-refractivity contribution in [3.63, 3.8) is 0 Å². The highest BCUT2D eigenvalue weighted by Crippen LogP contribution is 2.27. The van der Waals surface area contributed by atoms with E-state index in [-0.39, 0.29) is 11.8 Å². The SMILES string of the molecule is CCn1cc(CN(C)C(=O)[C@@H]2COc3ccccc3C2)cn1. The van der Waals surface area contributed by atoms with E-state index in [0.717, 1.165) is 29.8 Å². The number of amides is 1. The van der Waals surface area contributed by atoms with Crippen LogP contribution < -0.4 is 4.74 Å². The number of carbonyl (C=O) groups excluding carboxylic acids is 1. The smallest absolute Gasteiger partial charge is 0.229 e. The maximum absolute atomic E-state index is 12.6. The minimum Gasteiger partial charge on any atom is -0.492 e. The second kappa shape index (κ2) is 6.22. The van der Waals surface area contributed by atoms with E-state index in [0.29, 0.717) is 13.2 Å². The Morgan fingerprint density at radius 1 is 1.45 bits per heavy atom. The number of fused-ring (bicyclic) bond motifs is 1. The highest BCUT2D eigenvalue weighted by Gasteiger charge is 2.28. The van der Waals surface area contributed by atoms with Gasteiger partial charge in [0.2, 0.25) is 5.91 Å². The summed E-state index contributed by atoms with van der Waals surface area (Å²) in [5.74, 6) is 0.915. The van der Waals surface area contributed by atoms with Crippen molar-refractivity contribution in [2.24, 2.45) is 5.92 Å². The fourth-order valence-corrected chi connectivity index (χ4v) is 2.81. The second-order valence-electron chi connectivity index (χ2n) is 5.72. The third-order valence-electron chi connectivity index (χ3n) is 4.03. The van der Waals surface area contributed by atoms with Gasteiger partial charge < -0.3 is 9.64 Å². The van der Waals surface area contributed by atoms with Crippen LogP contribution in [0.4, 0.5) is 0 Å². The Bertz CT molecular complexity index is 665. The first-order valence-electron chi connectivity index (χ1n) is 7.64. The van der Waals surface area contributed by atoms with Gasteiger partial charge in [-0.15, -0.1) is 0 Å². The number of hydrogen-bond acceptors (Lipinski definition) is 3. The van der Waals surface area contributed by atoms with Crippen LogP contribution in [0.5, 0.6) is 5.75 Å². The van der Waals surface area contributed by atoms with E-state index in [1.165, 1.54) is 0 Å². The van der Waals surface area contributed by atoms with Crippen molar-refractivity contribution < 1.29 is 9.53 Å². The number of aromatic nitrogens is 2. The number of ether oxygens (including phenoxy) is 1. The first-order chi connectivity index (χ1) is 10.7. The third kappa shape index (κ3) is 2.98. The van der Waals surface area contributed by atoms with Crippen LogP contribution in [0.1, 0.15) is 18.1 Å². The van der Waals surface area contributed by atoms with Gasteiger partial charge in [0, 0.05) is 31.9 Å². The average Bonchev–Trinajstić information content (AvgIpc) is 3.01. The molecule has 3 rings (SSSR count). The molecule has 0 N–H and O–H groups in total. The molecule has 1 atom stereocenters. The lowest BCUT2D eigenvalue weighted by Gasteiger charge is -2.28. The number of rotatable bonds is 4. The molecule has 1 amide bonds. The largest absolute Gasteiger partial charge is 0.492 e. The van der Waals surface area contributed by atoms with Crippen molar-refractivity contribution in [2.75, 3.05) is 13.7 Å². The van der Waals surface area contributed by atoms with Crippen LogP contribution in [-0.2, 0) is 24.3 Å². The van der Waals surface area contributed by atoms with Crippen LogP contribution in [0.15, 0.2) is 36.7 Å². The van der Waals surface area contributed by atoms with Crippen molar-refractivity contribution in [1.82, 2.24) is 14.7 Å². The van der Waals surface area contributed by atoms with Gasteiger partial charge in [0.1, 0.15) is 12.4 Å². The van der Waals surface area contributed by atoms with Gasteiger partial charge in [-0.1, -0.05) is 18.2 Å².